The number of benzene rings is 1. The third-order valence-electron chi connectivity index (χ3n) is 4.30. The molecule has 2 amide bonds. The van der Waals surface area contributed by atoms with E-state index >= 15 is 0 Å². The van der Waals surface area contributed by atoms with Crippen LogP contribution in [0, 0.1) is 5.92 Å². The van der Waals surface area contributed by atoms with Crippen molar-refractivity contribution in [2.75, 3.05) is 19.7 Å². The van der Waals surface area contributed by atoms with Gasteiger partial charge in [0, 0.05) is 24.2 Å². The van der Waals surface area contributed by atoms with E-state index in [-0.39, 0.29) is 30.4 Å². The van der Waals surface area contributed by atoms with E-state index in [1.54, 1.807) is 23.1 Å². The average Bonchev–Trinajstić information content (AvgIpc) is 2.74. The molecule has 0 saturated carbocycles. The molecule has 0 aromatic heterocycles. The van der Waals surface area contributed by atoms with Gasteiger partial charge in [-0.1, -0.05) is 29.6 Å². The number of likely N-dealkylation sites (tertiary alicyclic amines) is 1. The number of carbonyl (C=O) groups is 2. The summed E-state index contributed by atoms with van der Waals surface area (Å²) in [4.78, 5) is 26.2. The zero-order chi connectivity index (χ0) is 16.4. The first-order valence-corrected chi connectivity index (χ1v) is 8.44. The number of carbonyl (C=O) groups excluding carboxylic acids is 2. The van der Waals surface area contributed by atoms with Gasteiger partial charge in [0.15, 0.2) is 6.61 Å². The normalized spacial score (nSPS) is 23.9. The predicted molar refractivity (Wildman–Crippen MR) is 87.8 cm³/mol. The zero-order valence-electron chi connectivity index (χ0n) is 12.6. The molecule has 5 nitrogen and oxygen atoms in total. The first kappa shape index (κ1) is 16.4. The average molecular weight is 357 g/mol. The Morgan fingerprint density at radius 1 is 1.30 bits per heavy atom. The fraction of sp³-hybridized carbons (Fsp3) is 0.500. The summed E-state index contributed by atoms with van der Waals surface area (Å²) < 4.78 is 5.51. The van der Waals surface area contributed by atoms with E-state index in [0.29, 0.717) is 28.9 Å². The first-order chi connectivity index (χ1) is 11.0. The molecular formula is C16H18Cl2N2O3. The van der Waals surface area contributed by atoms with Gasteiger partial charge in [-0.3, -0.25) is 9.59 Å². The van der Waals surface area contributed by atoms with E-state index in [2.05, 4.69) is 5.32 Å². The fourth-order valence-electron chi connectivity index (χ4n) is 3.08. The van der Waals surface area contributed by atoms with Crippen molar-refractivity contribution in [2.24, 2.45) is 5.92 Å². The fourth-order valence-corrected chi connectivity index (χ4v) is 3.54. The Hall–Kier alpha value is -1.46. The van der Waals surface area contributed by atoms with Gasteiger partial charge in [-0.25, -0.2) is 0 Å². The number of nitrogens with zero attached hydrogens (tertiary/aromatic N) is 1. The molecule has 2 saturated heterocycles. The third-order valence-corrected chi connectivity index (χ3v) is 4.83. The van der Waals surface area contributed by atoms with Crippen molar-refractivity contribution in [2.45, 2.75) is 25.3 Å². The highest BCUT2D eigenvalue weighted by atomic mass is 35.5. The van der Waals surface area contributed by atoms with E-state index in [1.165, 1.54) is 0 Å². The Labute approximate surface area is 144 Å². The molecule has 1 aromatic carbocycles. The van der Waals surface area contributed by atoms with Gasteiger partial charge in [-0.2, -0.15) is 0 Å². The Kier molecular flexibility index (Phi) is 4.97. The molecule has 1 N–H and O–H groups in total. The number of amides is 2. The van der Waals surface area contributed by atoms with Crippen LogP contribution in [0.15, 0.2) is 18.2 Å². The largest absolute Gasteiger partial charge is 0.482 e. The number of hydrogen-bond acceptors (Lipinski definition) is 3. The van der Waals surface area contributed by atoms with Crippen molar-refractivity contribution in [3.63, 3.8) is 0 Å². The molecule has 2 atom stereocenters. The van der Waals surface area contributed by atoms with Gasteiger partial charge < -0.3 is 15.0 Å². The zero-order valence-corrected chi connectivity index (χ0v) is 14.1. The smallest absolute Gasteiger partial charge is 0.260 e. The van der Waals surface area contributed by atoms with Gasteiger partial charge in [-0.05, 0) is 31.0 Å². The van der Waals surface area contributed by atoms with Gasteiger partial charge in [0.25, 0.3) is 5.91 Å². The lowest BCUT2D eigenvalue weighted by molar-refractivity contribution is -0.134. The molecule has 3 rings (SSSR count). The summed E-state index contributed by atoms with van der Waals surface area (Å²) in [6.45, 7) is 0.895. The number of halogens is 2. The molecule has 2 fully saturated rings. The van der Waals surface area contributed by atoms with Crippen molar-refractivity contribution in [3.8, 4) is 5.75 Å². The monoisotopic (exact) mass is 356 g/mol. The van der Waals surface area contributed by atoms with Crippen molar-refractivity contribution in [3.05, 3.63) is 28.2 Å². The van der Waals surface area contributed by atoms with Crippen LogP contribution >= 0.6 is 23.2 Å². The second-order valence-corrected chi connectivity index (χ2v) is 6.84. The van der Waals surface area contributed by atoms with Crippen LogP contribution in [-0.4, -0.2) is 42.5 Å². The Bertz CT molecular complexity index is 623. The maximum atomic E-state index is 12.4. The minimum atomic E-state index is -0.135. The Morgan fingerprint density at radius 2 is 2.13 bits per heavy atom. The summed E-state index contributed by atoms with van der Waals surface area (Å²) >= 11 is 11.9. The second-order valence-electron chi connectivity index (χ2n) is 6.00. The Balaban J connectivity index is 1.63. The van der Waals surface area contributed by atoms with E-state index < -0.39 is 0 Å². The minimum absolute atomic E-state index is 0.0399. The highest BCUT2D eigenvalue weighted by Crippen LogP contribution is 2.28. The molecule has 2 aliphatic rings. The number of ether oxygens (including phenoxy) is 1. The SMILES string of the molecule is O=C1N[C@H]2CCC[C@@H]1CN(C(=O)COc1ccc(Cl)cc1Cl)C2. The molecule has 124 valence electrons. The molecule has 2 aliphatic heterocycles. The molecule has 0 spiro atoms. The maximum Gasteiger partial charge on any atom is 0.260 e. The molecule has 0 unspecified atom stereocenters. The van der Waals surface area contributed by atoms with Crippen LogP contribution in [0.5, 0.6) is 5.75 Å². The van der Waals surface area contributed by atoms with Crippen LogP contribution in [0.1, 0.15) is 19.3 Å². The number of fused-ring (bicyclic) bond motifs is 3. The third kappa shape index (κ3) is 3.90. The minimum Gasteiger partial charge on any atom is -0.482 e. The van der Waals surface area contributed by atoms with Crippen LogP contribution < -0.4 is 10.1 Å². The van der Waals surface area contributed by atoms with Crippen molar-refractivity contribution in [1.82, 2.24) is 10.2 Å². The molecule has 0 aliphatic carbocycles. The summed E-state index contributed by atoms with van der Waals surface area (Å²) in [5.74, 6) is 0.230. The second kappa shape index (κ2) is 6.97. The summed E-state index contributed by atoms with van der Waals surface area (Å²) in [5, 5.41) is 3.89. The molecule has 2 heterocycles. The van der Waals surface area contributed by atoms with E-state index in [1.807, 2.05) is 0 Å². The van der Waals surface area contributed by atoms with Crippen LogP contribution in [-0.2, 0) is 9.59 Å². The first-order valence-electron chi connectivity index (χ1n) is 7.69. The van der Waals surface area contributed by atoms with Gasteiger partial charge in [0.05, 0.1) is 10.9 Å². The molecule has 0 radical (unpaired) electrons. The van der Waals surface area contributed by atoms with Gasteiger partial charge in [-0.15, -0.1) is 0 Å². The number of rotatable bonds is 3. The molecule has 23 heavy (non-hydrogen) atoms. The topological polar surface area (TPSA) is 58.6 Å². The van der Waals surface area contributed by atoms with Crippen LogP contribution in [0.3, 0.4) is 0 Å². The standard InChI is InChI=1S/C16H18Cl2N2O3/c17-11-4-5-14(13(18)6-11)23-9-15(21)20-7-10-2-1-3-12(8-20)19-16(10)22/h4-6,10,12H,1-3,7-9H2,(H,19,22)/t10-,12+/m1/s1. The quantitative estimate of drug-likeness (QED) is 0.904. The summed E-state index contributed by atoms with van der Waals surface area (Å²) in [5.41, 5.74) is 0. The summed E-state index contributed by atoms with van der Waals surface area (Å²) in [6.07, 6.45) is 2.76. The lowest BCUT2D eigenvalue weighted by Gasteiger charge is -2.27. The van der Waals surface area contributed by atoms with Gasteiger partial charge in [0.1, 0.15) is 5.75 Å². The van der Waals surface area contributed by atoms with Crippen LogP contribution in [0.2, 0.25) is 10.0 Å². The highest BCUT2D eigenvalue weighted by molar-refractivity contribution is 6.35. The summed E-state index contributed by atoms with van der Waals surface area (Å²) in [6, 6.07) is 4.91. The highest BCUT2D eigenvalue weighted by Gasteiger charge is 2.34. The number of hydrogen-bond donors (Lipinski definition) is 1. The van der Waals surface area contributed by atoms with Crippen molar-refractivity contribution >= 4 is 35.0 Å². The molecule has 1 aromatic rings. The molecule has 2 bridgehead atoms. The predicted octanol–water partition coefficient (Wildman–Crippen LogP) is 2.50. The lowest BCUT2D eigenvalue weighted by Crippen LogP contribution is -2.43. The Morgan fingerprint density at radius 3 is 2.91 bits per heavy atom. The van der Waals surface area contributed by atoms with Crippen molar-refractivity contribution in [1.29, 1.82) is 0 Å². The molecule has 7 heteroatoms. The van der Waals surface area contributed by atoms with Crippen molar-refractivity contribution < 1.29 is 14.3 Å². The van der Waals surface area contributed by atoms with E-state index in [9.17, 15) is 9.59 Å². The van der Waals surface area contributed by atoms with Gasteiger partial charge >= 0.3 is 0 Å². The van der Waals surface area contributed by atoms with E-state index in [0.717, 1.165) is 19.3 Å². The number of nitrogens with one attached hydrogen (secondary N) is 1. The van der Waals surface area contributed by atoms with Gasteiger partial charge in [0.2, 0.25) is 5.91 Å². The summed E-state index contributed by atoms with van der Waals surface area (Å²) in [7, 11) is 0. The molecular weight excluding hydrogens is 339 g/mol. The van der Waals surface area contributed by atoms with Crippen LogP contribution in [0.4, 0.5) is 0 Å². The van der Waals surface area contributed by atoms with E-state index in [4.69, 9.17) is 27.9 Å². The lowest BCUT2D eigenvalue weighted by atomic mass is 9.99. The van der Waals surface area contributed by atoms with Crippen LogP contribution in [0.25, 0.3) is 0 Å². The maximum absolute atomic E-state index is 12.4.